The van der Waals surface area contributed by atoms with Crippen LogP contribution >= 0.6 is 11.6 Å². The van der Waals surface area contributed by atoms with Crippen molar-refractivity contribution in [2.75, 3.05) is 17.2 Å². The zero-order valence-corrected chi connectivity index (χ0v) is 11.9. The number of rotatable bonds is 2. The molecule has 0 radical (unpaired) electrons. The van der Waals surface area contributed by atoms with Crippen LogP contribution in [0.3, 0.4) is 0 Å². The summed E-state index contributed by atoms with van der Waals surface area (Å²) in [6, 6.07) is 8.33. The number of nitrogens with one attached hydrogen (secondary N) is 2. The topological polar surface area (TPSA) is 67.4 Å². The quantitative estimate of drug-likeness (QED) is 0.893. The lowest BCUT2D eigenvalue weighted by atomic mass is 10.1. The molecule has 0 aromatic heterocycles. The molecule has 7 heteroatoms. The zero-order chi connectivity index (χ0) is 15.7. The summed E-state index contributed by atoms with van der Waals surface area (Å²) in [6.07, 6.45) is 0. The second-order valence-corrected chi connectivity index (χ2v) is 5.03. The minimum Gasteiger partial charge on any atom is -0.482 e. The maximum atomic E-state index is 13.0. The van der Waals surface area contributed by atoms with Gasteiger partial charge in [0.25, 0.3) is 11.8 Å². The predicted octanol–water partition coefficient (Wildman–Crippen LogP) is 3.06. The highest BCUT2D eigenvalue weighted by molar-refractivity contribution is 6.33. The van der Waals surface area contributed by atoms with E-state index in [-0.39, 0.29) is 17.5 Å². The van der Waals surface area contributed by atoms with Gasteiger partial charge in [0, 0.05) is 5.56 Å². The van der Waals surface area contributed by atoms with E-state index >= 15 is 0 Å². The molecular formula is C15H10ClFN2O3. The van der Waals surface area contributed by atoms with Gasteiger partial charge in [-0.15, -0.1) is 0 Å². The van der Waals surface area contributed by atoms with Crippen molar-refractivity contribution >= 4 is 34.8 Å². The first-order valence-electron chi connectivity index (χ1n) is 6.36. The summed E-state index contributed by atoms with van der Waals surface area (Å²) >= 11 is 5.87. The largest absolute Gasteiger partial charge is 0.482 e. The molecule has 5 nitrogen and oxygen atoms in total. The number of ether oxygens (including phenoxy) is 1. The molecule has 0 spiro atoms. The van der Waals surface area contributed by atoms with Gasteiger partial charge in [0.15, 0.2) is 6.61 Å². The van der Waals surface area contributed by atoms with Crippen molar-refractivity contribution in [3.8, 4) is 5.75 Å². The summed E-state index contributed by atoms with van der Waals surface area (Å²) in [5.41, 5.74) is 1.14. The van der Waals surface area contributed by atoms with Crippen LogP contribution < -0.4 is 15.4 Å². The smallest absolute Gasteiger partial charge is 0.262 e. The lowest BCUT2D eigenvalue weighted by Gasteiger charge is -2.18. The number of hydrogen-bond acceptors (Lipinski definition) is 3. The molecular weight excluding hydrogens is 311 g/mol. The fourth-order valence-electron chi connectivity index (χ4n) is 2.00. The molecule has 2 aromatic carbocycles. The minimum absolute atomic E-state index is 0.0954. The second kappa shape index (κ2) is 5.65. The van der Waals surface area contributed by atoms with Crippen molar-refractivity contribution in [1.29, 1.82) is 0 Å². The number of anilines is 2. The first kappa shape index (κ1) is 14.3. The first-order valence-corrected chi connectivity index (χ1v) is 6.74. The third-order valence-corrected chi connectivity index (χ3v) is 3.37. The molecule has 0 unspecified atom stereocenters. The SMILES string of the molecule is O=C1COc2cc(C(=O)Nc3ccc(F)cc3Cl)ccc2N1. The van der Waals surface area contributed by atoms with E-state index in [0.29, 0.717) is 22.7 Å². The molecule has 2 amide bonds. The molecule has 1 heterocycles. The van der Waals surface area contributed by atoms with E-state index in [2.05, 4.69) is 10.6 Å². The standard InChI is InChI=1S/C15H10ClFN2O3/c16-10-6-9(17)2-4-11(10)19-15(21)8-1-3-12-13(5-8)22-7-14(20)18-12/h1-6H,7H2,(H,18,20)(H,19,21). The summed E-state index contributed by atoms with van der Waals surface area (Å²) < 4.78 is 18.2. The van der Waals surface area contributed by atoms with Crippen LogP contribution in [0.4, 0.5) is 15.8 Å². The van der Waals surface area contributed by atoms with Crippen molar-refractivity contribution in [2.45, 2.75) is 0 Å². The van der Waals surface area contributed by atoms with E-state index in [4.69, 9.17) is 16.3 Å². The molecule has 1 aliphatic rings. The Morgan fingerprint density at radius 3 is 2.86 bits per heavy atom. The highest BCUT2D eigenvalue weighted by atomic mass is 35.5. The number of halogens is 2. The van der Waals surface area contributed by atoms with E-state index in [1.807, 2.05) is 0 Å². The molecule has 0 saturated carbocycles. The van der Waals surface area contributed by atoms with Crippen LogP contribution in [-0.4, -0.2) is 18.4 Å². The van der Waals surface area contributed by atoms with Crippen LogP contribution in [-0.2, 0) is 4.79 Å². The number of carbonyl (C=O) groups excluding carboxylic acids is 2. The van der Waals surface area contributed by atoms with E-state index in [0.717, 1.165) is 6.07 Å². The molecule has 0 fully saturated rings. The number of benzene rings is 2. The van der Waals surface area contributed by atoms with Crippen molar-refractivity contribution in [3.05, 3.63) is 52.8 Å². The molecule has 0 atom stereocenters. The molecule has 3 rings (SSSR count). The number of carbonyl (C=O) groups is 2. The van der Waals surface area contributed by atoms with Crippen LogP contribution in [0.15, 0.2) is 36.4 Å². The molecule has 1 aliphatic heterocycles. The first-order chi connectivity index (χ1) is 10.5. The molecule has 0 aliphatic carbocycles. The maximum absolute atomic E-state index is 13.0. The highest BCUT2D eigenvalue weighted by Crippen LogP contribution is 2.29. The van der Waals surface area contributed by atoms with Crippen molar-refractivity contribution < 1.29 is 18.7 Å². The molecule has 22 heavy (non-hydrogen) atoms. The van der Waals surface area contributed by atoms with E-state index in [1.165, 1.54) is 18.2 Å². The predicted molar refractivity (Wildman–Crippen MR) is 79.9 cm³/mol. The molecule has 2 N–H and O–H groups in total. The van der Waals surface area contributed by atoms with Gasteiger partial charge in [-0.3, -0.25) is 9.59 Å². The zero-order valence-electron chi connectivity index (χ0n) is 11.2. The third kappa shape index (κ3) is 2.87. The Morgan fingerprint density at radius 2 is 2.09 bits per heavy atom. The summed E-state index contributed by atoms with van der Waals surface area (Å²) in [7, 11) is 0. The Balaban J connectivity index is 1.82. The molecule has 0 bridgehead atoms. The van der Waals surface area contributed by atoms with Crippen molar-refractivity contribution in [1.82, 2.24) is 0 Å². The van der Waals surface area contributed by atoms with Crippen LogP contribution in [0.1, 0.15) is 10.4 Å². The Morgan fingerprint density at radius 1 is 1.27 bits per heavy atom. The van der Waals surface area contributed by atoms with Gasteiger partial charge in [-0.25, -0.2) is 4.39 Å². The lowest BCUT2D eigenvalue weighted by molar-refractivity contribution is -0.118. The molecule has 0 saturated heterocycles. The Bertz CT molecular complexity index is 779. The third-order valence-electron chi connectivity index (χ3n) is 3.06. The van der Waals surface area contributed by atoms with Crippen LogP contribution in [0, 0.1) is 5.82 Å². The average Bonchev–Trinajstić information content (AvgIpc) is 2.49. The Kier molecular flexibility index (Phi) is 3.68. The van der Waals surface area contributed by atoms with Gasteiger partial charge in [0.1, 0.15) is 11.6 Å². The van der Waals surface area contributed by atoms with E-state index in [1.54, 1.807) is 12.1 Å². The van der Waals surface area contributed by atoms with E-state index < -0.39 is 11.7 Å². The van der Waals surface area contributed by atoms with Gasteiger partial charge < -0.3 is 15.4 Å². The summed E-state index contributed by atoms with van der Waals surface area (Å²) in [4.78, 5) is 23.4. The number of hydrogen-bond donors (Lipinski definition) is 2. The lowest BCUT2D eigenvalue weighted by Crippen LogP contribution is -2.25. The Hall–Kier alpha value is -2.60. The van der Waals surface area contributed by atoms with Gasteiger partial charge in [0.2, 0.25) is 0 Å². The monoisotopic (exact) mass is 320 g/mol. The van der Waals surface area contributed by atoms with Crippen LogP contribution in [0.25, 0.3) is 0 Å². The van der Waals surface area contributed by atoms with Crippen molar-refractivity contribution in [3.63, 3.8) is 0 Å². The Labute approximate surface area is 130 Å². The number of amides is 2. The fraction of sp³-hybridized carbons (Fsp3) is 0.0667. The number of fused-ring (bicyclic) bond motifs is 1. The van der Waals surface area contributed by atoms with Crippen molar-refractivity contribution in [2.24, 2.45) is 0 Å². The van der Waals surface area contributed by atoms with Gasteiger partial charge in [0.05, 0.1) is 16.4 Å². The maximum Gasteiger partial charge on any atom is 0.262 e. The van der Waals surface area contributed by atoms with E-state index in [9.17, 15) is 14.0 Å². The second-order valence-electron chi connectivity index (χ2n) is 4.63. The molecule has 112 valence electrons. The molecule has 2 aromatic rings. The van der Waals surface area contributed by atoms with Gasteiger partial charge in [-0.2, -0.15) is 0 Å². The van der Waals surface area contributed by atoms with Crippen LogP contribution in [0.2, 0.25) is 5.02 Å². The minimum atomic E-state index is -0.485. The summed E-state index contributed by atoms with van der Waals surface area (Å²) in [5.74, 6) is -0.738. The highest BCUT2D eigenvalue weighted by Gasteiger charge is 2.18. The fourth-order valence-corrected chi connectivity index (χ4v) is 2.22. The summed E-state index contributed by atoms with van der Waals surface area (Å²) in [5, 5.41) is 5.33. The average molecular weight is 321 g/mol. The van der Waals surface area contributed by atoms with Gasteiger partial charge in [-0.05, 0) is 36.4 Å². The van der Waals surface area contributed by atoms with Crippen LogP contribution in [0.5, 0.6) is 5.75 Å². The summed E-state index contributed by atoms with van der Waals surface area (Å²) in [6.45, 7) is -0.0954. The van der Waals surface area contributed by atoms with Gasteiger partial charge >= 0.3 is 0 Å². The normalized spacial score (nSPS) is 12.9. The van der Waals surface area contributed by atoms with Gasteiger partial charge in [-0.1, -0.05) is 11.6 Å².